The van der Waals surface area contributed by atoms with Gasteiger partial charge in [0.1, 0.15) is 6.29 Å². The number of carbonyl (C=O) groups excluding carboxylic acids is 2. The molecule has 0 heterocycles. The van der Waals surface area contributed by atoms with Gasteiger partial charge in [0.05, 0.1) is 0 Å². The summed E-state index contributed by atoms with van der Waals surface area (Å²) in [5.41, 5.74) is 0. The summed E-state index contributed by atoms with van der Waals surface area (Å²) >= 11 is 0. The molecule has 6 heteroatoms. The number of Topliss-reactive ketones (excluding diaryl/α,β-unsaturated/α-hetero) is 1. The minimum Gasteiger partial charge on any atom is -0.481 e. The Morgan fingerprint density at radius 2 is 1.69 bits per heavy atom. The zero-order valence-electron chi connectivity index (χ0n) is 9.14. The summed E-state index contributed by atoms with van der Waals surface area (Å²) in [6.45, 7) is 1.98. The molecule has 2 N–H and O–H groups in total. The van der Waals surface area contributed by atoms with Crippen molar-refractivity contribution in [1.82, 2.24) is 0 Å². The topological polar surface area (TPSA) is 109 Å². The normalized spacial score (nSPS) is 8.56. The van der Waals surface area contributed by atoms with Gasteiger partial charge in [-0.05, 0) is 6.42 Å². The van der Waals surface area contributed by atoms with Crippen LogP contribution in [0.25, 0.3) is 0 Å². The third-order valence-electron chi connectivity index (χ3n) is 1.47. The Labute approximate surface area is 93.3 Å². The Morgan fingerprint density at radius 1 is 1.12 bits per heavy atom. The number of carboxylic acid groups (broad SMARTS) is 2. The van der Waals surface area contributed by atoms with E-state index in [0.29, 0.717) is 12.7 Å². The lowest BCUT2D eigenvalue weighted by atomic mass is 10.2. The highest BCUT2D eigenvalue weighted by molar-refractivity contribution is 6.32. The zero-order chi connectivity index (χ0) is 13.0. The number of aliphatic carboxylic acids is 2. The van der Waals surface area contributed by atoms with Crippen molar-refractivity contribution >= 4 is 24.0 Å². The van der Waals surface area contributed by atoms with Crippen LogP contribution in [0.1, 0.15) is 39.0 Å². The average molecular weight is 232 g/mol. The average Bonchev–Trinajstić information content (AvgIpc) is 2.23. The van der Waals surface area contributed by atoms with Crippen LogP contribution in [-0.4, -0.2) is 34.2 Å². The van der Waals surface area contributed by atoms with E-state index in [1.54, 1.807) is 0 Å². The molecule has 92 valence electrons. The van der Waals surface area contributed by atoms with Crippen molar-refractivity contribution in [3.8, 4) is 0 Å². The molecule has 0 atom stereocenters. The van der Waals surface area contributed by atoms with Crippen LogP contribution in [0.15, 0.2) is 0 Å². The minimum atomic E-state index is -1.48. The summed E-state index contributed by atoms with van der Waals surface area (Å²) in [7, 11) is 0. The molecule has 0 unspecified atom stereocenters. The number of hydrogen-bond donors (Lipinski definition) is 2. The van der Waals surface area contributed by atoms with E-state index in [2.05, 4.69) is 0 Å². The van der Waals surface area contributed by atoms with E-state index in [1.807, 2.05) is 6.92 Å². The zero-order valence-corrected chi connectivity index (χ0v) is 9.14. The van der Waals surface area contributed by atoms with Gasteiger partial charge in [0.2, 0.25) is 5.78 Å². The van der Waals surface area contributed by atoms with Crippen molar-refractivity contribution in [1.29, 1.82) is 0 Å². The van der Waals surface area contributed by atoms with Gasteiger partial charge in [-0.15, -0.1) is 0 Å². The number of unbranched alkanes of at least 4 members (excludes halogenated alkanes) is 1. The van der Waals surface area contributed by atoms with E-state index in [1.165, 1.54) is 0 Å². The van der Waals surface area contributed by atoms with E-state index in [9.17, 15) is 19.2 Å². The van der Waals surface area contributed by atoms with Crippen molar-refractivity contribution < 1.29 is 29.4 Å². The molecule has 6 nitrogen and oxygen atoms in total. The largest absolute Gasteiger partial charge is 0.481 e. The van der Waals surface area contributed by atoms with Gasteiger partial charge in [0.25, 0.3) is 0 Å². The molecule has 0 aromatic rings. The number of aldehydes is 1. The SMILES string of the molecule is CCCCC(=O)O.O=CCCC(=O)C(=O)O. The Morgan fingerprint density at radius 3 is 1.94 bits per heavy atom. The van der Waals surface area contributed by atoms with Gasteiger partial charge < -0.3 is 15.0 Å². The predicted octanol–water partition coefficient (Wildman–Crippen LogP) is 0.880. The summed E-state index contributed by atoms with van der Waals surface area (Å²) < 4.78 is 0. The summed E-state index contributed by atoms with van der Waals surface area (Å²) in [6.07, 6.45) is 2.39. The van der Waals surface area contributed by atoms with Crippen molar-refractivity contribution in [3.63, 3.8) is 0 Å². The molecule has 0 aromatic carbocycles. The summed E-state index contributed by atoms with van der Waals surface area (Å²) in [6, 6.07) is 0. The second-order valence-corrected chi connectivity index (χ2v) is 2.93. The maximum Gasteiger partial charge on any atom is 0.372 e. The first-order valence-electron chi connectivity index (χ1n) is 4.87. The molecule has 16 heavy (non-hydrogen) atoms. The highest BCUT2D eigenvalue weighted by Crippen LogP contribution is 1.91. The minimum absolute atomic E-state index is 0.00880. The van der Waals surface area contributed by atoms with Crippen LogP contribution in [0.4, 0.5) is 0 Å². The van der Waals surface area contributed by atoms with E-state index in [0.717, 1.165) is 12.8 Å². The lowest BCUT2D eigenvalue weighted by Crippen LogP contribution is -2.11. The van der Waals surface area contributed by atoms with Gasteiger partial charge in [-0.1, -0.05) is 13.3 Å². The molecule has 0 amide bonds. The second kappa shape index (κ2) is 11.4. The second-order valence-electron chi connectivity index (χ2n) is 2.93. The number of hydrogen-bond acceptors (Lipinski definition) is 4. The molecule has 0 radical (unpaired) electrons. The third kappa shape index (κ3) is 14.8. The fraction of sp³-hybridized carbons (Fsp3) is 0.600. The molecule has 0 aliphatic heterocycles. The summed E-state index contributed by atoms with van der Waals surface area (Å²) in [5.74, 6) is -3.08. The first-order valence-corrected chi connectivity index (χ1v) is 4.87. The fourth-order valence-electron chi connectivity index (χ4n) is 0.625. The number of carbonyl (C=O) groups is 4. The first kappa shape index (κ1) is 16.7. The molecule has 0 saturated heterocycles. The molecule has 0 aromatic heterocycles. The van der Waals surface area contributed by atoms with Crippen molar-refractivity contribution in [2.24, 2.45) is 0 Å². The van der Waals surface area contributed by atoms with Gasteiger partial charge in [-0.3, -0.25) is 9.59 Å². The first-order chi connectivity index (χ1) is 7.45. The summed E-state index contributed by atoms with van der Waals surface area (Å²) in [4.78, 5) is 39.2. The van der Waals surface area contributed by atoms with Gasteiger partial charge in [-0.2, -0.15) is 0 Å². The maximum atomic E-state index is 10.1. The van der Waals surface area contributed by atoms with Crippen LogP contribution in [0.2, 0.25) is 0 Å². The highest BCUT2D eigenvalue weighted by atomic mass is 16.4. The number of ketones is 1. The van der Waals surface area contributed by atoms with E-state index < -0.39 is 17.7 Å². The number of carboxylic acids is 2. The van der Waals surface area contributed by atoms with Crippen LogP contribution in [0, 0.1) is 0 Å². The van der Waals surface area contributed by atoms with Crippen LogP contribution >= 0.6 is 0 Å². The predicted molar refractivity (Wildman–Crippen MR) is 55.1 cm³/mol. The van der Waals surface area contributed by atoms with E-state index in [4.69, 9.17) is 10.2 Å². The van der Waals surface area contributed by atoms with Gasteiger partial charge in [0.15, 0.2) is 0 Å². The molecule has 0 aliphatic carbocycles. The van der Waals surface area contributed by atoms with E-state index >= 15 is 0 Å². The van der Waals surface area contributed by atoms with E-state index in [-0.39, 0.29) is 12.8 Å². The molecule has 0 fully saturated rings. The van der Waals surface area contributed by atoms with Gasteiger partial charge in [0, 0.05) is 19.3 Å². The molecular weight excluding hydrogens is 216 g/mol. The van der Waals surface area contributed by atoms with Gasteiger partial charge in [-0.25, -0.2) is 4.79 Å². The number of rotatable bonds is 7. The Bertz CT molecular complexity index is 246. The standard InChI is InChI=1S/C5H6O4.C5H10O2/c6-3-1-2-4(7)5(8)9;1-2-3-4-5(6)7/h3H,1-2H2,(H,8,9);2-4H2,1H3,(H,6,7). The molecule has 0 rings (SSSR count). The summed E-state index contributed by atoms with van der Waals surface area (Å²) in [5, 5.41) is 16.0. The van der Waals surface area contributed by atoms with Crippen LogP contribution < -0.4 is 0 Å². The van der Waals surface area contributed by atoms with Gasteiger partial charge >= 0.3 is 11.9 Å². The third-order valence-corrected chi connectivity index (χ3v) is 1.47. The molecule has 0 saturated carbocycles. The van der Waals surface area contributed by atoms with Crippen LogP contribution in [0.3, 0.4) is 0 Å². The highest BCUT2D eigenvalue weighted by Gasteiger charge is 2.08. The Hall–Kier alpha value is -1.72. The van der Waals surface area contributed by atoms with Crippen molar-refractivity contribution in [2.75, 3.05) is 0 Å². The van der Waals surface area contributed by atoms with Crippen molar-refractivity contribution in [3.05, 3.63) is 0 Å². The molecular formula is C10H16O6. The smallest absolute Gasteiger partial charge is 0.372 e. The molecule has 0 spiro atoms. The quantitative estimate of drug-likeness (QED) is 0.498. The molecule has 0 bridgehead atoms. The lowest BCUT2D eigenvalue weighted by molar-refractivity contribution is -0.149. The van der Waals surface area contributed by atoms with Crippen molar-refractivity contribution in [2.45, 2.75) is 39.0 Å². The van der Waals surface area contributed by atoms with Crippen LogP contribution in [0.5, 0.6) is 0 Å². The Balaban J connectivity index is 0. The lowest BCUT2D eigenvalue weighted by Gasteiger charge is -1.85. The van der Waals surface area contributed by atoms with Crippen LogP contribution in [-0.2, 0) is 19.2 Å². The molecule has 0 aliphatic rings. The fourth-order valence-corrected chi connectivity index (χ4v) is 0.625. The Kier molecular flexibility index (Phi) is 11.9. The monoisotopic (exact) mass is 232 g/mol. The maximum absolute atomic E-state index is 10.1.